The number of hydrogen-bond acceptors (Lipinski definition) is 3. The highest BCUT2D eigenvalue weighted by molar-refractivity contribution is 6.08. The largest absolute Gasteiger partial charge is 0.321 e. The Labute approximate surface area is 116 Å². The summed E-state index contributed by atoms with van der Waals surface area (Å²) in [5.41, 5.74) is 0.711. The molecule has 0 unspecified atom stereocenters. The number of carbonyl (C=O) groups excluding carboxylic acids is 1. The third kappa shape index (κ3) is 2.95. The lowest BCUT2D eigenvalue weighted by Gasteiger charge is -2.11. The minimum atomic E-state index is -1.46. The van der Waals surface area contributed by atoms with Crippen molar-refractivity contribution in [2.75, 3.05) is 10.7 Å². The molecule has 110 valence electrons. The number of hydrazine groups is 1. The minimum Gasteiger partial charge on any atom is -0.321 e. The van der Waals surface area contributed by atoms with Crippen molar-refractivity contribution in [1.29, 1.82) is 0 Å². The van der Waals surface area contributed by atoms with Gasteiger partial charge in [0.25, 0.3) is 5.91 Å². The number of amides is 1. The zero-order valence-electron chi connectivity index (χ0n) is 10.4. The fraction of sp³-hybridized carbons (Fsp3) is 0. The number of anilines is 2. The maximum Gasteiger partial charge on any atom is 0.258 e. The van der Waals surface area contributed by atoms with Gasteiger partial charge in [-0.25, -0.2) is 17.6 Å². The van der Waals surface area contributed by atoms with Crippen LogP contribution >= 0.6 is 0 Å². The van der Waals surface area contributed by atoms with E-state index < -0.39 is 34.9 Å². The number of benzene rings is 2. The summed E-state index contributed by atoms with van der Waals surface area (Å²) < 4.78 is 53.0. The Hall–Kier alpha value is -2.61. The summed E-state index contributed by atoms with van der Waals surface area (Å²) in [6.07, 6.45) is 0. The second kappa shape index (κ2) is 5.80. The van der Waals surface area contributed by atoms with Gasteiger partial charge in [0.05, 0.1) is 16.9 Å². The minimum absolute atomic E-state index is 0.249. The van der Waals surface area contributed by atoms with Gasteiger partial charge in [0.2, 0.25) is 0 Å². The Kier molecular flexibility index (Phi) is 4.08. The van der Waals surface area contributed by atoms with Gasteiger partial charge in [0, 0.05) is 12.1 Å². The van der Waals surface area contributed by atoms with Crippen molar-refractivity contribution < 1.29 is 22.4 Å². The predicted octanol–water partition coefficient (Wildman–Crippen LogP) is 2.78. The Morgan fingerprint density at radius 1 is 1.05 bits per heavy atom. The van der Waals surface area contributed by atoms with Crippen LogP contribution in [-0.4, -0.2) is 5.91 Å². The molecule has 0 aliphatic carbocycles. The molecule has 0 saturated heterocycles. The van der Waals surface area contributed by atoms with E-state index in [1.54, 1.807) is 0 Å². The number of carbonyl (C=O) groups is 1. The summed E-state index contributed by atoms with van der Waals surface area (Å²) >= 11 is 0. The molecule has 0 spiro atoms. The van der Waals surface area contributed by atoms with E-state index in [1.165, 1.54) is 12.1 Å². The quantitative estimate of drug-likeness (QED) is 0.353. The van der Waals surface area contributed by atoms with Gasteiger partial charge in [0.15, 0.2) is 11.6 Å². The van der Waals surface area contributed by atoms with E-state index in [0.717, 1.165) is 6.07 Å². The lowest BCUT2D eigenvalue weighted by molar-refractivity contribution is 0.102. The van der Waals surface area contributed by atoms with Crippen LogP contribution in [-0.2, 0) is 0 Å². The van der Waals surface area contributed by atoms with Gasteiger partial charge in [-0.3, -0.25) is 10.6 Å². The van der Waals surface area contributed by atoms with E-state index >= 15 is 0 Å². The molecule has 0 fully saturated rings. The molecule has 0 saturated carbocycles. The lowest BCUT2D eigenvalue weighted by atomic mass is 10.1. The number of nitrogens with one attached hydrogen (secondary N) is 2. The molecule has 0 atom stereocenters. The molecule has 21 heavy (non-hydrogen) atoms. The molecular formula is C13H9F4N3O. The first kappa shape index (κ1) is 14.8. The molecule has 0 aliphatic rings. The van der Waals surface area contributed by atoms with Gasteiger partial charge >= 0.3 is 0 Å². The van der Waals surface area contributed by atoms with Crippen LogP contribution in [0.2, 0.25) is 0 Å². The van der Waals surface area contributed by atoms with Crippen LogP contribution in [0.1, 0.15) is 10.4 Å². The number of nitrogens with two attached hydrogens (primary N) is 1. The first-order chi connectivity index (χ1) is 9.93. The van der Waals surface area contributed by atoms with Crippen LogP contribution in [0.5, 0.6) is 0 Å². The average molecular weight is 299 g/mol. The van der Waals surface area contributed by atoms with E-state index in [0.29, 0.717) is 12.1 Å². The zero-order chi connectivity index (χ0) is 15.6. The molecule has 4 nitrogen and oxygen atoms in total. The standard InChI is InChI=1S/C13H9F4N3O/c14-6-4-9(16)11(17)10(5-6)19-13(21)7-2-1-3-8(15)12(7)20-18/h1-5,20H,18H2,(H,19,21). The maximum absolute atomic E-state index is 13.4. The summed E-state index contributed by atoms with van der Waals surface area (Å²) in [7, 11) is 0. The van der Waals surface area contributed by atoms with E-state index in [1.807, 2.05) is 10.7 Å². The van der Waals surface area contributed by atoms with Gasteiger partial charge in [-0.15, -0.1) is 0 Å². The van der Waals surface area contributed by atoms with Crippen molar-refractivity contribution in [3.05, 3.63) is 59.2 Å². The monoisotopic (exact) mass is 299 g/mol. The van der Waals surface area contributed by atoms with Gasteiger partial charge in [0.1, 0.15) is 11.6 Å². The summed E-state index contributed by atoms with van der Waals surface area (Å²) in [6, 6.07) is 4.42. The van der Waals surface area contributed by atoms with Crippen LogP contribution in [0.25, 0.3) is 0 Å². The fourth-order valence-corrected chi connectivity index (χ4v) is 1.70. The molecule has 2 aromatic rings. The third-order valence-corrected chi connectivity index (χ3v) is 2.64. The van der Waals surface area contributed by atoms with Gasteiger partial charge in [-0.1, -0.05) is 6.07 Å². The third-order valence-electron chi connectivity index (χ3n) is 2.64. The molecule has 1 amide bonds. The molecule has 0 radical (unpaired) electrons. The van der Waals surface area contributed by atoms with Gasteiger partial charge in [-0.2, -0.15) is 0 Å². The Morgan fingerprint density at radius 3 is 2.43 bits per heavy atom. The van der Waals surface area contributed by atoms with Crippen molar-refractivity contribution >= 4 is 17.3 Å². The van der Waals surface area contributed by atoms with Crippen molar-refractivity contribution in [3.63, 3.8) is 0 Å². The highest BCUT2D eigenvalue weighted by atomic mass is 19.2. The van der Waals surface area contributed by atoms with Crippen molar-refractivity contribution in [2.24, 2.45) is 5.84 Å². The zero-order valence-corrected chi connectivity index (χ0v) is 10.4. The number of halogens is 4. The second-order valence-electron chi connectivity index (χ2n) is 4.01. The topological polar surface area (TPSA) is 67.1 Å². The first-order valence-electron chi connectivity index (χ1n) is 5.65. The predicted molar refractivity (Wildman–Crippen MR) is 68.5 cm³/mol. The Morgan fingerprint density at radius 2 is 1.76 bits per heavy atom. The number of para-hydroxylation sites is 1. The molecule has 2 rings (SSSR count). The van der Waals surface area contributed by atoms with Crippen molar-refractivity contribution in [1.82, 2.24) is 0 Å². The van der Waals surface area contributed by atoms with Crippen LogP contribution in [0.4, 0.5) is 28.9 Å². The molecule has 0 bridgehead atoms. The van der Waals surface area contributed by atoms with E-state index in [4.69, 9.17) is 5.84 Å². The molecule has 0 aromatic heterocycles. The molecule has 8 heteroatoms. The molecule has 0 aliphatic heterocycles. The SMILES string of the molecule is NNc1c(F)cccc1C(=O)Nc1cc(F)cc(F)c1F. The van der Waals surface area contributed by atoms with Crippen LogP contribution < -0.4 is 16.6 Å². The smallest absolute Gasteiger partial charge is 0.258 e. The van der Waals surface area contributed by atoms with E-state index in [9.17, 15) is 22.4 Å². The van der Waals surface area contributed by atoms with E-state index in [2.05, 4.69) is 0 Å². The van der Waals surface area contributed by atoms with Gasteiger partial charge < -0.3 is 10.7 Å². The second-order valence-corrected chi connectivity index (χ2v) is 4.01. The summed E-state index contributed by atoms with van der Waals surface area (Å²) in [6.45, 7) is 0. The van der Waals surface area contributed by atoms with Crippen LogP contribution in [0.15, 0.2) is 30.3 Å². The highest BCUT2D eigenvalue weighted by Crippen LogP contribution is 2.23. The lowest BCUT2D eigenvalue weighted by Crippen LogP contribution is -2.19. The number of nitrogen functional groups attached to an aromatic ring is 1. The van der Waals surface area contributed by atoms with Crippen molar-refractivity contribution in [3.8, 4) is 0 Å². The van der Waals surface area contributed by atoms with Gasteiger partial charge in [-0.05, 0) is 12.1 Å². The summed E-state index contributed by atoms with van der Waals surface area (Å²) in [5, 5.41) is 1.95. The molecular weight excluding hydrogens is 290 g/mol. The Balaban J connectivity index is 2.37. The average Bonchev–Trinajstić information content (AvgIpc) is 2.43. The van der Waals surface area contributed by atoms with Crippen LogP contribution in [0.3, 0.4) is 0 Å². The Bertz CT molecular complexity index is 706. The first-order valence-corrected chi connectivity index (χ1v) is 5.65. The molecule has 4 N–H and O–H groups in total. The molecule has 0 heterocycles. The normalized spacial score (nSPS) is 10.3. The fourth-order valence-electron chi connectivity index (χ4n) is 1.70. The van der Waals surface area contributed by atoms with Crippen molar-refractivity contribution in [2.45, 2.75) is 0 Å². The van der Waals surface area contributed by atoms with E-state index in [-0.39, 0.29) is 11.3 Å². The number of hydrogen-bond donors (Lipinski definition) is 3. The molecule has 2 aromatic carbocycles. The van der Waals surface area contributed by atoms with Crippen LogP contribution in [0, 0.1) is 23.3 Å². The summed E-state index contributed by atoms with van der Waals surface area (Å²) in [4.78, 5) is 11.9. The maximum atomic E-state index is 13.4. The number of rotatable bonds is 3. The summed E-state index contributed by atoms with van der Waals surface area (Å²) in [5.74, 6) is -0.646. The highest BCUT2D eigenvalue weighted by Gasteiger charge is 2.18.